The Balaban J connectivity index is 1.20. The van der Waals surface area contributed by atoms with Crippen LogP contribution >= 0.6 is 0 Å². The Bertz CT molecular complexity index is 1170. The van der Waals surface area contributed by atoms with Gasteiger partial charge in [0, 0.05) is 19.5 Å². The highest BCUT2D eigenvalue weighted by Gasteiger charge is 2.34. The number of likely N-dealkylation sites (tertiary alicyclic amines) is 1. The predicted octanol–water partition coefficient (Wildman–Crippen LogP) is 1.63. The van der Waals surface area contributed by atoms with E-state index in [2.05, 4.69) is 15.6 Å². The van der Waals surface area contributed by atoms with Crippen molar-refractivity contribution in [2.24, 2.45) is 0 Å². The number of halogens is 1. The Labute approximate surface area is 201 Å². The summed E-state index contributed by atoms with van der Waals surface area (Å²) >= 11 is 0. The van der Waals surface area contributed by atoms with Crippen LogP contribution in [0.5, 0.6) is 11.5 Å². The molecule has 1 saturated heterocycles. The van der Waals surface area contributed by atoms with Gasteiger partial charge in [-0.25, -0.2) is 4.39 Å². The van der Waals surface area contributed by atoms with Gasteiger partial charge in [0.15, 0.2) is 11.5 Å². The number of nitrogens with zero attached hydrogens (tertiary/aromatic N) is 4. The topological polar surface area (TPSA) is 111 Å². The fourth-order valence-electron chi connectivity index (χ4n) is 4.36. The van der Waals surface area contributed by atoms with E-state index in [9.17, 15) is 14.3 Å². The first-order chi connectivity index (χ1) is 17.1. The summed E-state index contributed by atoms with van der Waals surface area (Å²) in [5.41, 5.74) is 2.02. The van der Waals surface area contributed by atoms with Crippen LogP contribution in [0.25, 0.3) is 11.0 Å². The molecule has 1 unspecified atom stereocenters. The number of alkyl halides is 1. The molecule has 2 aromatic carbocycles. The molecule has 10 nitrogen and oxygen atoms in total. The lowest BCUT2D eigenvalue weighted by Gasteiger charge is -2.33. The zero-order valence-electron chi connectivity index (χ0n) is 19.2. The van der Waals surface area contributed by atoms with Crippen LogP contribution in [0.15, 0.2) is 42.5 Å². The number of nitrogens with one attached hydrogen (secondary N) is 1. The van der Waals surface area contributed by atoms with E-state index in [4.69, 9.17) is 14.3 Å². The third-order valence-corrected chi connectivity index (χ3v) is 6.15. The molecule has 0 radical (unpaired) electrons. The van der Waals surface area contributed by atoms with Gasteiger partial charge < -0.3 is 24.7 Å². The Kier molecular flexibility index (Phi) is 6.96. The monoisotopic (exact) mass is 485 g/mol. The molecular formula is C24H28FN5O5. The average molecular weight is 486 g/mol. The first kappa shape index (κ1) is 23.3. The third-order valence-electron chi connectivity index (χ3n) is 6.15. The van der Waals surface area contributed by atoms with Gasteiger partial charge in [0.25, 0.3) is 0 Å². The molecule has 2 N–H and O–H groups in total. The van der Waals surface area contributed by atoms with Gasteiger partial charge in [0.05, 0.1) is 0 Å². The number of rotatable bonds is 9. The summed E-state index contributed by atoms with van der Waals surface area (Å²) in [6.45, 7) is 1.74. The molecule has 0 saturated carbocycles. The highest BCUT2D eigenvalue weighted by atomic mass is 19.1. The van der Waals surface area contributed by atoms with Crippen molar-refractivity contribution in [1.82, 2.24) is 25.4 Å². The highest BCUT2D eigenvalue weighted by molar-refractivity contribution is 5.76. The molecule has 11 heteroatoms. The molecule has 3 heterocycles. The summed E-state index contributed by atoms with van der Waals surface area (Å²) in [5.74, 6) is 0.888. The largest absolute Gasteiger partial charge is 0.486 e. The number of ether oxygens (including phenoxy) is 2. The predicted molar refractivity (Wildman–Crippen MR) is 124 cm³/mol. The molecule has 5 rings (SSSR count). The molecule has 3 atom stereocenters. The van der Waals surface area contributed by atoms with E-state index < -0.39 is 18.4 Å². The normalized spacial score (nSPS) is 19.4. The van der Waals surface area contributed by atoms with Gasteiger partial charge >= 0.3 is 0 Å². The fourth-order valence-corrected chi connectivity index (χ4v) is 4.36. The summed E-state index contributed by atoms with van der Waals surface area (Å²) in [6, 6.07) is 12.6. The van der Waals surface area contributed by atoms with E-state index in [0.717, 1.165) is 11.0 Å². The first-order valence-corrected chi connectivity index (χ1v) is 11.8. The standard InChI is InChI=1S/C24H28FN5O5/c25-17-9-10-29(15-17)24(23(32)16-7-8-20-21(14-16)34-13-12-33-20)26-22(31)6-3-11-35-30-19-5-2-1-4-18(19)27-28-30/h1-2,4-5,7-8,14,17,23-24,32H,3,6,9-13,15H2,(H,26,31)/t17-,23-,24?/m1/s1. The lowest BCUT2D eigenvalue weighted by Crippen LogP contribution is -2.51. The van der Waals surface area contributed by atoms with Crippen molar-refractivity contribution in [3.63, 3.8) is 0 Å². The Hall–Kier alpha value is -3.44. The van der Waals surface area contributed by atoms with Crippen LogP contribution in [0.1, 0.15) is 30.9 Å². The summed E-state index contributed by atoms with van der Waals surface area (Å²) < 4.78 is 25.1. The Morgan fingerprint density at radius 2 is 2.06 bits per heavy atom. The van der Waals surface area contributed by atoms with Crippen LogP contribution in [-0.2, 0) is 4.79 Å². The number of para-hydroxylation sites is 1. The first-order valence-electron chi connectivity index (χ1n) is 11.8. The lowest BCUT2D eigenvalue weighted by molar-refractivity contribution is -0.125. The number of amides is 1. The lowest BCUT2D eigenvalue weighted by atomic mass is 10.0. The number of carbonyl (C=O) groups is 1. The maximum absolute atomic E-state index is 14.0. The molecule has 2 aliphatic rings. The van der Waals surface area contributed by atoms with Crippen molar-refractivity contribution in [3.8, 4) is 11.5 Å². The summed E-state index contributed by atoms with van der Waals surface area (Å²) in [5, 5.41) is 22.0. The zero-order chi connectivity index (χ0) is 24.2. The fraction of sp³-hybridized carbons (Fsp3) is 0.458. The molecule has 2 aliphatic heterocycles. The SMILES string of the molecule is O=C(CCCOn1nnc2ccccc21)NC([C@H](O)c1ccc2c(c1)OCCO2)N1CC[C@@H](F)C1. The number of hydrogen-bond acceptors (Lipinski definition) is 8. The Morgan fingerprint density at radius 1 is 1.23 bits per heavy atom. The second kappa shape index (κ2) is 10.4. The number of hydrogen-bond donors (Lipinski definition) is 2. The smallest absolute Gasteiger partial charge is 0.221 e. The highest BCUT2D eigenvalue weighted by Crippen LogP contribution is 2.34. The van der Waals surface area contributed by atoms with Crippen molar-refractivity contribution in [2.75, 3.05) is 32.9 Å². The van der Waals surface area contributed by atoms with E-state index in [1.807, 2.05) is 24.3 Å². The number of aliphatic hydroxyl groups is 1. The molecular weight excluding hydrogens is 457 g/mol. The molecule has 3 aromatic rings. The minimum absolute atomic E-state index is 0.148. The maximum Gasteiger partial charge on any atom is 0.221 e. The van der Waals surface area contributed by atoms with E-state index in [0.29, 0.717) is 49.7 Å². The van der Waals surface area contributed by atoms with Gasteiger partial charge in [-0.05, 0) is 47.9 Å². The minimum Gasteiger partial charge on any atom is -0.486 e. The van der Waals surface area contributed by atoms with Crippen LogP contribution < -0.4 is 19.6 Å². The number of carbonyl (C=O) groups excluding carboxylic acids is 1. The van der Waals surface area contributed by atoms with Gasteiger partial charge in [-0.1, -0.05) is 23.0 Å². The summed E-state index contributed by atoms with van der Waals surface area (Å²) in [6.07, 6.45) is -1.88. The zero-order valence-corrected chi connectivity index (χ0v) is 19.2. The summed E-state index contributed by atoms with van der Waals surface area (Å²) in [7, 11) is 0. The van der Waals surface area contributed by atoms with E-state index >= 15 is 0 Å². The third kappa shape index (κ3) is 5.30. The van der Waals surface area contributed by atoms with Crippen molar-refractivity contribution >= 4 is 16.9 Å². The number of aliphatic hydroxyl groups excluding tert-OH is 1. The minimum atomic E-state index is -1.07. The molecule has 35 heavy (non-hydrogen) atoms. The molecule has 0 bridgehead atoms. The van der Waals surface area contributed by atoms with Crippen molar-refractivity contribution in [3.05, 3.63) is 48.0 Å². The summed E-state index contributed by atoms with van der Waals surface area (Å²) in [4.78, 5) is 21.5. The number of benzene rings is 2. The van der Waals surface area contributed by atoms with Gasteiger partial charge in [0.2, 0.25) is 5.91 Å². The molecule has 1 aromatic heterocycles. The van der Waals surface area contributed by atoms with Gasteiger partial charge in [0.1, 0.15) is 49.3 Å². The Morgan fingerprint density at radius 3 is 2.89 bits per heavy atom. The van der Waals surface area contributed by atoms with Crippen LogP contribution in [0.3, 0.4) is 0 Å². The molecule has 1 fully saturated rings. The van der Waals surface area contributed by atoms with Crippen LogP contribution in [0, 0.1) is 0 Å². The van der Waals surface area contributed by atoms with Gasteiger partial charge in [-0.3, -0.25) is 9.69 Å². The molecule has 1 amide bonds. The van der Waals surface area contributed by atoms with Crippen LogP contribution in [0.2, 0.25) is 0 Å². The van der Waals surface area contributed by atoms with Crippen LogP contribution in [-0.4, -0.2) is 76.3 Å². The average Bonchev–Trinajstić information content (AvgIpc) is 3.50. The molecule has 0 spiro atoms. The second-order valence-electron chi connectivity index (χ2n) is 8.63. The van der Waals surface area contributed by atoms with Gasteiger partial charge in [-0.15, -0.1) is 5.10 Å². The van der Waals surface area contributed by atoms with Crippen LogP contribution in [0.4, 0.5) is 4.39 Å². The van der Waals surface area contributed by atoms with E-state index in [1.165, 1.54) is 4.85 Å². The van der Waals surface area contributed by atoms with Crippen molar-refractivity contribution < 1.29 is 28.6 Å². The second-order valence-corrected chi connectivity index (χ2v) is 8.63. The number of aromatic nitrogens is 3. The maximum atomic E-state index is 14.0. The van der Waals surface area contributed by atoms with E-state index in [-0.39, 0.29) is 25.5 Å². The van der Waals surface area contributed by atoms with E-state index in [1.54, 1.807) is 23.1 Å². The molecule has 0 aliphatic carbocycles. The number of fused-ring (bicyclic) bond motifs is 2. The molecule has 186 valence electrons. The quantitative estimate of drug-likeness (QED) is 0.440. The van der Waals surface area contributed by atoms with Crippen molar-refractivity contribution in [2.45, 2.75) is 37.7 Å². The van der Waals surface area contributed by atoms with Crippen molar-refractivity contribution in [1.29, 1.82) is 0 Å². The van der Waals surface area contributed by atoms with Gasteiger partial charge in [-0.2, -0.15) is 0 Å².